The van der Waals surface area contributed by atoms with Gasteiger partial charge in [-0.3, -0.25) is 5.21 Å². The summed E-state index contributed by atoms with van der Waals surface area (Å²) in [6, 6.07) is 7.31. The van der Waals surface area contributed by atoms with Crippen molar-refractivity contribution in [2.45, 2.75) is 12.3 Å². The van der Waals surface area contributed by atoms with Gasteiger partial charge in [0, 0.05) is 4.47 Å². The van der Waals surface area contributed by atoms with Crippen molar-refractivity contribution in [2.24, 2.45) is 11.7 Å². The summed E-state index contributed by atoms with van der Waals surface area (Å²) in [7, 11) is 0. The van der Waals surface area contributed by atoms with Crippen molar-refractivity contribution in [3.05, 3.63) is 34.3 Å². The molecular weight excluding hydrogens is 311 g/mol. The average Bonchev–Trinajstić information content (AvgIpc) is 2.98. The van der Waals surface area contributed by atoms with Gasteiger partial charge in [0.05, 0.1) is 6.54 Å². The molecule has 1 aromatic rings. The van der Waals surface area contributed by atoms with Crippen molar-refractivity contribution in [1.29, 1.82) is 0 Å². The van der Waals surface area contributed by atoms with Gasteiger partial charge in [-0.2, -0.15) is 0 Å². The van der Waals surface area contributed by atoms with Crippen LogP contribution in [0.4, 0.5) is 4.79 Å². The van der Waals surface area contributed by atoms with Gasteiger partial charge in [-0.15, -0.1) is 0 Å². The molecule has 0 bridgehead atoms. The predicted molar refractivity (Wildman–Crippen MR) is 70.2 cm³/mol. The van der Waals surface area contributed by atoms with Crippen LogP contribution in [0.3, 0.4) is 0 Å². The number of rotatable bonds is 3. The van der Waals surface area contributed by atoms with Crippen LogP contribution in [0.1, 0.15) is 17.9 Å². The fourth-order valence-electron chi connectivity index (χ4n) is 1.88. The quantitative estimate of drug-likeness (QED) is 0.504. The number of hydroxylamine groups is 2. The summed E-state index contributed by atoms with van der Waals surface area (Å²) in [6.07, 6.45) is 0.992. The molecule has 0 aliphatic heterocycles. The first-order valence-corrected chi connectivity index (χ1v) is 5.88. The van der Waals surface area contributed by atoms with E-state index in [0.717, 1.165) is 10.9 Å². The second-order valence-electron chi connectivity index (χ2n) is 4.07. The molecule has 2 atom stereocenters. The molecule has 0 unspecified atom stereocenters. The van der Waals surface area contributed by atoms with E-state index in [1.54, 1.807) is 0 Å². The summed E-state index contributed by atoms with van der Waals surface area (Å²) >= 11 is 3.38. The number of benzene rings is 1. The Balaban J connectivity index is 0.00000144. The second kappa shape index (κ2) is 6.65. The molecule has 0 aromatic heterocycles. The zero-order valence-electron chi connectivity index (χ0n) is 8.64. The van der Waals surface area contributed by atoms with E-state index in [1.807, 2.05) is 12.1 Å². The number of amides is 2. The number of urea groups is 1. The molecule has 17 heavy (non-hydrogen) atoms. The molecular formula is C11H14BrKN2O2. The van der Waals surface area contributed by atoms with E-state index in [-0.39, 0.29) is 51.4 Å². The van der Waals surface area contributed by atoms with Crippen LogP contribution in [0.2, 0.25) is 0 Å². The normalized spacial score (nSPS) is 21.5. The molecule has 88 valence electrons. The molecule has 1 fully saturated rings. The van der Waals surface area contributed by atoms with Gasteiger partial charge in [-0.05, 0) is 36.0 Å². The van der Waals surface area contributed by atoms with Gasteiger partial charge in [-0.25, -0.2) is 9.86 Å². The predicted octanol–water partition coefficient (Wildman–Crippen LogP) is 1.67. The number of hydrogen-bond acceptors (Lipinski definition) is 2. The third-order valence-electron chi connectivity index (χ3n) is 2.88. The number of nitrogens with zero attached hydrogens (tertiary/aromatic N) is 1. The number of primary amides is 1. The molecule has 0 spiro atoms. The molecule has 6 heteroatoms. The van der Waals surface area contributed by atoms with E-state index in [2.05, 4.69) is 28.1 Å². The molecule has 0 radical (unpaired) electrons. The Kier molecular flexibility index (Phi) is 6.11. The van der Waals surface area contributed by atoms with Gasteiger partial charge >= 0.3 is 57.4 Å². The molecule has 1 aromatic carbocycles. The molecule has 2 amide bonds. The zero-order chi connectivity index (χ0) is 11.7. The van der Waals surface area contributed by atoms with Gasteiger partial charge in [-0.1, -0.05) is 28.1 Å². The van der Waals surface area contributed by atoms with Crippen LogP contribution >= 0.6 is 15.9 Å². The van der Waals surface area contributed by atoms with Crippen LogP contribution in [-0.2, 0) is 0 Å². The molecule has 4 nitrogen and oxygen atoms in total. The topological polar surface area (TPSA) is 66.6 Å². The molecule has 3 N–H and O–H groups in total. The molecule has 1 saturated carbocycles. The van der Waals surface area contributed by atoms with Crippen LogP contribution in [0, 0.1) is 5.92 Å². The number of nitrogens with two attached hydrogens (primary N) is 1. The van der Waals surface area contributed by atoms with E-state index in [9.17, 15) is 10.0 Å². The van der Waals surface area contributed by atoms with Crippen molar-refractivity contribution in [3.63, 3.8) is 0 Å². The van der Waals surface area contributed by atoms with E-state index in [1.165, 1.54) is 5.56 Å². The Labute approximate surface area is 151 Å². The summed E-state index contributed by atoms with van der Waals surface area (Å²) in [5.74, 6) is 0.751. The molecule has 0 saturated heterocycles. The van der Waals surface area contributed by atoms with E-state index in [4.69, 9.17) is 5.73 Å². The third kappa shape index (κ3) is 4.31. The third-order valence-corrected chi connectivity index (χ3v) is 3.41. The first-order chi connectivity index (χ1) is 7.58. The van der Waals surface area contributed by atoms with Crippen molar-refractivity contribution in [3.8, 4) is 0 Å². The minimum absolute atomic E-state index is 0. The Bertz CT molecular complexity index is 399. The molecule has 1 aliphatic carbocycles. The SMILES string of the molecule is NC(=O)N(O)C[C@@H]1C[C@H]1c1ccc(Br)cc1.[KH]. The standard InChI is InChI=1S/C11H13BrN2O2.K.H/c12-9-3-1-7(2-4-9)10-5-8(10)6-14(16)11(13)15;;/h1-4,8,10,16H,5-6H2,(H2,13,15);;/t8-,10-;;/m0../s1. The summed E-state index contributed by atoms with van der Waals surface area (Å²) in [5, 5.41) is 9.78. The number of carbonyl (C=O) groups excluding carboxylic acids is 1. The van der Waals surface area contributed by atoms with Gasteiger partial charge < -0.3 is 5.73 Å². The number of carbonyl (C=O) groups is 1. The Morgan fingerprint density at radius 3 is 2.59 bits per heavy atom. The van der Waals surface area contributed by atoms with Crippen molar-refractivity contribution in [2.75, 3.05) is 6.54 Å². The number of halogens is 1. The maximum atomic E-state index is 10.6. The van der Waals surface area contributed by atoms with E-state index in [0.29, 0.717) is 23.4 Å². The van der Waals surface area contributed by atoms with Gasteiger partial charge in [0.25, 0.3) is 0 Å². The first kappa shape index (κ1) is 15.6. The average molecular weight is 325 g/mol. The Hall–Kier alpha value is 0.566. The van der Waals surface area contributed by atoms with Crippen LogP contribution in [-0.4, -0.2) is 74.2 Å². The maximum absolute atomic E-state index is 10.6. The molecule has 0 heterocycles. The van der Waals surface area contributed by atoms with Gasteiger partial charge in [0.15, 0.2) is 0 Å². The van der Waals surface area contributed by atoms with Crippen LogP contribution in [0.25, 0.3) is 0 Å². The summed E-state index contributed by atoms with van der Waals surface area (Å²) in [4.78, 5) is 10.6. The Morgan fingerprint density at radius 2 is 2.06 bits per heavy atom. The van der Waals surface area contributed by atoms with E-state index >= 15 is 0 Å². The molecule has 2 rings (SSSR count). The summed E-state index contributed by atoms with van der Waals surface area (Å²) in [6.45, 7) is 0.316. The fraction of sp³-hybridized carbons (Fsp3) is 0.364. The monoisotopic (exact) mass is 324 g/mol. The molecule has 1 aliphatic rings. The second-order valence-corrected chi connectivity index (χ2v) is 4.99. The number of hydrogen-bond donors (Lipinski definition) is 2. The zero-order valence-corrected chi connectivity index (χ0v) is 10.2. The van der Waals surface area contributed by atoms with Crippen LogP contribution < -0.4 is 5.73 Å². The summed E-state index contributed by atoms with van der Waals surface area (Å²) < 4.78 is 1.05. The van der Waals surface area contributed by atoms with Crippen molar-refractivity contribution >= 4 is 73.3 Å². The fourth-order valence-corrected chi connectivity index (χ4v) is 2.14. The first-order valence-electron chi connectivity index (χ1n) is 5.09. The van der Waals surface area contributed by atoms with Crippen LogP contribution in [0.15, 0.2) is 28.7 Å². The summed E-state index contributed by atoms with van der Waals surface area (Å²) in [5.41, 5.74) is 6.19. The van der Waals surface area contributed by atoms with Crippen LogP contribution in [0.5, 0.6) is 0 Å². The Morgan fingerprint density at radius 1 is 1.47 bits per heavy atom. The minimum atomic E-state index is -0.790. The van der Waals surface area contributed by atoms with Crippen molar-refractivity contribution < 1.29 is 10.0 Å². The van der Waals surface area contributed by atoms with Gasteiger partial charge in [0.2, 0.25) is 0 Å². The van der Waals surface area contributed by atoms with Gasteiger partial charge in [0.1, 0.15) is 0 Å². The van der Waals surface area contributed by atoms with E-state index < -0.39 is 6.03 Å². The van der Waals surface area contributed by atoms with Crippen molar-refractivity contribution in [1.82, 2.24) is 5.06 Å².